The number of amides is 1. The molecular formula is C27H51NO. The highest BCUT2D eigenvalue weighted by molar-refractivity contribution is 5.76. The van der Waals surface area contributed by atoms with Crippen molar-refractivity contribution >= 4 is 5.91 Å². The summed E-state index contributed by atoms with van der Waals surface area (Å²) in [6.45, 7) is 2.28. The zero-order chi connectivity index (χ0) is 21.0. The molecule has 0 aromatic heterocycles. The molecule has 0 aromatic carbocycles. The average molecular weight is 406 g/mol. The van der Waals surface area contributed by atoms with Crippen molar-refractivity contribution in [1.29, 1.82) is 0 Å². The number of carbonyl (C=O) groups excluding carboxylic acids is 1. The van der Waals surface area contributed by atoms with E-state index >= 15 is 0 Å². The fourth-order valence-electron chi connectivity index (χ4n) is 4.55. The van der Waals surface area contributed by atoms with Gasteiger partial charge in [-0.2, -0.15) is 0 Å². The molecule has 0 saturated heterocycles. The van der Waals surface area contributed by atoms with Gasteiger partial charge in [-0.3, -0.25) is 4.79 Å². The number of rotatable bonds is 16. The molecule has 0 spiro atoms. The molecule has 0 heterocycles. The van der Waals surface area contributed by atoms with E-state index in [1.807, 2.05) is 7.05 Å². The third-order valence-electron chi connectivity index (χ3n) is 6.67. The van der Waals surface area contributed by atoms with Gasteiger partial charge in [0, 0.05) is 19.5 Å². The fraction of sp³-hybridized carbons (Fsp3) is 0.889. The minimum Gasteiger partial charge on any atom is -0.343 e. The molecule has 1 fully saturated rings. The maximum absolute atomic E-state index is 12.5. The van der Waals surface area contributed by atoms with Gasteiger partial charge in [-0.25, -0.2) is 0 Å². The van der Waals surface area contributed by atoms with Crippen LogP contribution in [0.5, 0.6) is 0 Å². The van der Waals surface area contributed by atoms with Crippen molar-refractivity contribution in [2.75, 3.05) is 7.05 Å². The second-order valence-corrected chi connectivity index (χ2v) is 9.34. The highest BCUT2D eigenvalue weighted by atomic mass is 16.2. The Morgan fingerprint density at radius 2 is 1.21 bits per heavy atom. The quantitative estimate of drug-likeness (QED) is 0.186. The van der Waals surface area contributed by atoms with Crippen molar-refractivity contribution < 1.29 is 4.79 Å². The Kier molecular flexibility index (Phi) is 17.4. The summed E-state index contributed by atoms with van der Waals surface area (Å²) in [6, 6.07) is 0.505. The van der Waals surface area contributed by atoms with Crippen molar-refractivity contribution in [3.05, 3.63) is 12.2 Å². The van der Waals surface area contributed by atoms with Crippen LogP contribution in [0, 0.1) is 0 Å². The molecule has 2 nitrogen and oxygen atoms in total. The Hall–Kier alpha value is -0.790. The molecule has 0 unspecified atom stereocenters. The first-order valence-electron chi connectivity index (χ1n) is 13.2. The van der Waals surface area contributed by atoms with E-state index in [1.165, 1.54) is 122 Å². The van der Waals surface area contributed by atoms with Gasteiger partial charge >= 0.3 is 0 Å². The van der Waals surface area contributed by atoms with Crippen molar-refractivity contribution in [1.82, 2.24) is 4.90 Å². The zero-order valence-corrected chi connectivity index (χ0v) is 19.9. The molecule has 170 valence electrons. The highest BCUT2D eigenvalue weighted by Crippen LogP contribution is 2.21. The van der Waals surface area contributed by atoms with Crippen LogP contribution in [0.1, 0.15) is 142 Å². The van der Waals surface area contributed by atoms with Crippen molar-refractivity contribution in [3.63, 3.8) is 0 Å². The summed E-state index contributed by atoms with van der Waals surface area (Å²) in [7, 11) is 2.05. The molecule has 29 heavy (non-hydrogen) atoms. The maximum Gasteiger partial charge on any atom is 0.222 e. The molecule has 1 aliphatic rings. The number of hydrogen-bond donors (Lipinski definition) is 0. The number of nitrogens with zero attached hydrogens (tertiary/aromatic N) is 1. The first kappa shape index (κ1) is 26.2. The highest BCUT2D eigenvalue weighted by Gasteiger charge is 2.19. The second kappa shape index (κ2) is 19.2. The fourth-order valence-corrected chi connectivity index (χ4v) is 4.55. The van der Waals surface area contributed by atoms with Crippen LogP contribution >= 0.6 is 0 Å². The molecule has 0 aliphatic heterocycles. The topological polar surface area (TPSA) is 20.3 Å². The molecule has 0 atom stereocenters. The largest absolute Gasteiger partial charge is 0.343 e. The lowest BCUT2D eigenvalue weighted by atomic mass is 9.95. The molecule has 0 radical (unpaired) electrons. The van der Waals surface area contributed by atoms with Gasteiger partial charge in [0.05, 0.1) is 0 Å². The SMILES string of the molecule is CCCCCCCC/C=C\CCCCCCCC(=O)N(C)C1CCCCCCC1. The number of unbranched alkanes of at least 4 members (excludes halogenated alkanes) is 11. The molecule has 1 rings (SSSR count). The first-order chi connectivity index (χ1) is 14.3. The molecule has 2 heteroatoms. The zero-order valence-electron chi connectivity index (χ0n) is 19.9. The van der Waals surface area contributed by atoms with E-state index in [9.17, 15) is 4.79 Å². The molecule has 1 aliphatic carbocycles. The minimum atomic E-state index is 0.383. The molecular weight excluding hydrogens is 354 g/mol. The minimum absolute atomic E-state index is 0.383. The number of allylic oxidation sites excluding steroid dienone is 2. The summed E-state index contributed by atoms with van der Waals surface area (Å²) >= 11 is 0. The maximum atomic E-state index is 12.5. The van der Waals surface area contributed by atoms with E-state index < -0.39 is 0 Å². The lowest BCUT2D eigenvalue weighted by Crippen LogP contribution is -2.37. The summed E-state index contributed by atoms with van der Waals surface area (Å²) in [5, 5.41) is 0. The van der Waals surface area contributed by atoms with E-state index in [2.05, 4.69) is 24.0 Å². The summed E-state index contributed by atoms with van der Waals surface area (Å²) in [6.07, 6.45) is 31.7. The van der Waals surface area contributed by atoms with Crippen LogP contribution in [-0.2, 0) is 4.79 Å². The Bertz CT molecular complexity index is 395. The van der Waals surface area contributed by atoms with Gasteiger partial charge in [-0.05, 0) is 44.9 Å². The van der Waals surface area contributed by atoms with E-state index in [0.29, 0.717) is 11.9 Å². The first-order valence-corrected chi connectivity index (χ1v) is 13.2. The number of hydrogen-bond acceptors (Lipinski definition) is 1. The van der Waals surface area contributed by atoms with E-state index in [0.717, 1.165) is 12.8 Å². The number of carbonyl (C=O) groups is 1. The molecule has 0 bridgehead atoms. The predicted molar refractivity (Wildman–Crippen MR) is 128 cm³/mol. The van der Waals surface area contributed by atoms with E-state index in [4.69, 9.17) is 0 Å². The van der Waals surface area contributed by atoms with Crippen LogP contribution in [-0.4, -0.2) is 23.9 Å². The smallest absolute Gasteiger partial charge is 0.222 e. The normalized spacial score (nSPS) is 16.1. The lowest BCUT2D eigenvalue weighted by molar-refractivity contribution is -0.132. The van der Waals surface area contributed by atoms with Gasteiger partial charge < -0.3 is 4.90 Å². The summed E-state index contributed by atoms with van der Waals surface area (Å²) in [5.74, 6) is 0.383. The second-order valence-electron chi connectivity index (χ2n) is 9.34. The Balaban J connectivity index is 1.91. The molecule has 1 saturated carbocycles. The van der Waals surface area contributed by atoms with Crippen LogP contribution in [0.15, 0.2) is 12.2 Å². The van der Waals surface area contributed by atoms with Crippen molar-refractivity contribution in [3.8, 4) is 0 Å². The van der Waals surface area contributed by atoms with Crippen molar-refractivity contribution in [2.24, 2.45) is 0 Å². The van der Waals surface area contributed by atoms with Crippen LogP contribution in [0.2, 0.25) is 0 Å². The monoisotopic (exact) mass is 405 g/mol. The van der Waals surface area contributed by atoms with Gasteiger partial charge in [0.2, 0.25) is 5.91 Å². The van der Waals surface area contributed by atoms with E-state index in [-0.39, 0.29) is 0 Å². The summed E-state index contributed by atoms with van der Waals surface area (Å²) in [5.41, 5.74) is 0. The van der Waals surface area contributed by atoms with Crippen molar-refractivity contribution in [2.45, 2.75) is 148 Å². The van der Waals surface area contributed by atoms with Crippen LogP contribution < -0.4 is 0 Å². The standard InChI is InChI=1S/C27H51NO/c1-3-4-5-6-7-8-9-10-11-12-13-14-15-19-22-25-27(29)28(2)26-23-20-17-16-18-21-24-26/h10-11,26H,3-9,12-25H2,1-2H3/b11-10-. The third-order valence-corrected chi connectivity index (χ3v) is 6.67. The molecule has 1 amide bonds. The van der Waals surface area contributed by atoms with Gasteiger partial charge in [-0.15, -0.1) is 0 Å². The lowest BCUT2D eigenvalue weighted by Gasteiger charge is -2.30. The summed E-state index contributed by atoms with van der Waals surface area (Å²) in [4.78, 5) is 14.6. The van der Waals surface area contributed by atoms with Crippen LogP contribution in [0.4, 0.5) is 0 Å². The molecule has 0 N–H and O–H groups in total. The summed E-state index contributed by atoms with van der Waals surface area (Å²) < 4.78 is 0. The average Bonchev–Trinajstić information content (AvgIpc) is 2.70. The Labute approximate surface area is 182 Å². The Morgan fingerprint density at radius 1 is 0.724 bits per heavy atom. The van der Waals surface area contributed by atoms with Crippen LogP contribution in [0.3, 0.4) is 0 Å². The Morgan fingerprint density at radius 3 is 1.79 bits per heavy atom. The van der Waals surface area contributed by atoms with Gasteiger partial charge in [0.25, 0.3) is 0 Å². The van der Waals surface area contributed by atoms with Gasteiger partial charge in [0.15, 0.2) is 0 Å². The van der Waals surface area contributed by atoms with Gasteiger partial charge in [-0.1, -0.05) is 103 Å². The van der Waals surface area contributed by atoms with Crippen LogP contribution in [0.25, 0.3) is 0 Å². The predicted octanol–water partition coefficient (Wildman–Crippen LogP) is 8.60. The van der Waals surface area contributed by atoms with Gasteiger partial charge in [0.1, 0.15) is 0 Å². The van der Waals surface area contributed by atoms with E-state index in [1.54, 1.807) is 0 Å². The third kappa shape index (κ3) is 14.8. The molecule has 0 aromatic rings.